The van der Waals surface area contributed by atoms with Crippen molar-refractivity contribution in [2.24, 2.45) is 7.05 Å². The maximum atomic E-state index is 12.2. The average Bonchev–Trinajstić information content (AvgIpc) is 3.29. The minimum Gasteiger partial charge on any atom is -0.494 e. The Hall–Kier alpha value is -4.87. The van der Waals surface area contributed by atoms with Gasteiger partial charge >= 0.3 is 6.09 Å². The number of carbonyl (C=O) groups is 1. The second-order valence-electron chi connectivity index (χ2n) is 11.3. The fourth-order valence-corrected chi connectivity index (χ4v) is 5.20. The molecule has 42 heavy (non-hydrogen) atoms. The third kappa shape index (κ3) is 6.22. The highest BCUT2D eigenvalue weighted by molar-refractivity contribution is 5.95. The molecular formula is C30H35N7O5. The molecule has 3 heterocycles. The normalized spacial score (nSPS) is 14.1. The summed E-state index contributed by atoms with van der Waals surface area (Å²) in [5.74, 6) is 0.707. The van der Waals surface area contributed by atoms with E-state index in [1.807, 2.05) is 73.8 Å². The van der Waals surface area contributed by atoms with Crippen molar-refractivity contribution in [1.29, 1.82) is 0 Å². The number of amides is 1. The lowest BCUT2D eigenvalue weighted by atomic mass is 10.0. The van der Waals surface area contributed by atoms with Crippen LogP contribution in [0.3, 0.4) is 0 Å². The van der Waals surface area contributed by atoms with Crippen LogP contribution in [-0.4, -0.2) is 57.4 Å². The number of nitro groups is 1. The highest BCUT2D eigenvalue weighted by Gasteiger charge is 2.29. The summed E-state index contributed by atoms with van der Waals surface area (Å²) in [6.07, 6.45) is 4.44. The van der Waals surface area contributed by atoms with E-state index < -0.39 is 16.6 Å². The molecule has 1 aliphatic heterocycles. The van der Waals surface area contributed by atoms with Crippen LogP contribution in [0.2, 0.25) is 0 Å². The Balaban J connectivity index is 1.36. The minimum absolute atomic E-state index is 0.0675. The van der Waals surface area contributed by atoms with Crippen molar-refractivity contribution in [1.82, 2.24) is 19.9 Å². The number of carbonyl (C=O) groups excluding carboxylic acids is 1. The molecule has 5 rings (SSSR count). The van der Waals surface area contributed by atoms with Gasteiger partial charge in [-0.1, -0.05) is 18.2 Å². The van der Waals surface area contributed by atoms with Crippen LogP contribution in [0.4, 0.5) is 27.8 Å². The number of methoxy groups -OCH3 is 1. The summed E-state index contributed by atoms with van der Waals surface area (Å²) in [5.41, 5.74) is 2.93. The zero-order chi connectivity index (χ0) is 30.0. The molecule has 0 unspecified atom stereocenters. The highest BCUT2D eigenvalue weighted by atomic mass is 16.6. The molecule has 220 valence electrons. The van der Waals surface area contributed by atoms with Crippen molar-refractivity contribution in [3.05, 3.63) is 65.0 Å². The van der Waals surface area contributed by atoms with Gasteiger partial charge in [-0.15, -0.1) is 0 Å². The lowest BCUT2D eigenvalue weighted by Crippen LogP contribution is -2.46. The van der Waals surface area contributed by atoms with E-state index in [2.05, 4.69) is 15.6 Å². The summed E-state index contributed by atoms with van der Waals surface area (Å²) >= 11 is 0. The van der Waals surface area contributed by atoms with Crippen LogP contribution in [-0.2, 0) is 11.8 Å². The number of nitrogens with zero attached hydrogens (tertiary/aromatic N) is 5. The number of hydrogen-bond acceptors (Lipinski definition) is 9. The van der Waals surface area contributed by atoms with E-state index in [0.717, 1.165) is 22.2 Å². The zero-order valence-electron chi connectivity index (χ0n) is 24.4. The number of aryl methyl sites for hydroxylation is 1. The predicted octanol–water partition coefficient (Wildman–Crippen LogP) is 5.79. The molecule has 2 N–H and O–H groups in total. The fourth-order valence-electron chi connectivity index (χ4n) is 5.20. The van der Waals surface area contributed by atoms with E-state index in [-0.39, 0.29) is 17.7 Å². The summed E-state index contributed by atoms with van der Waals surface area (Å²) in [7, 11) is 3.50. The molecule has 1 amide bonds. The molecule has 2 aromatic heterocycles. The minimum atomic E-state index is -0.583. The topological polar surface area (TPSA) is 137 Å². The van der Waals surface area contributed by atoms with E-state index >= 15 is 0 Å². The number of ether oxygens (including phenoxy) is 2. The summed E-state index contributed by atoms with van der Waals surface area (Å²) in [6, 6.07) is 12.9. The number of hydrogen-bond donors (Lipinski definition) is 2. The van der Waals surface area contributed by atoms with Crippen LogP contribution in [0, 0.1) is 10.1 Å². The van der Waals surface area contributed by atoms with Crippen molar-refractivity contribution < 1.29 is 19.2 Å². The summed E-state index contributed by atoms with van der Waals surface area (Å²) in [5, 5.41) is 19.3. The fraction of sp³-hybridized carbons (Fsp3) is 0.367. The first kappa shape index (κ1) is 28.7. The van der Waals surface area contributed by atoms with Gasteiger partial charge in [0.1, 0.15) is 17.0 Å². The van der Waals surface area contributed by atoms with E-state index in [0.29, 0.717) is 43.1 Å². The third-order valence-electron chi connectivity index (χ3n) is 7.12. The second-order valence-corrected chi connectivity index (χ2v) is 11.3. The number of alkyl carbamates (subject to hydrolysis) is 1. The number of piperidine rings is 1. The van der Waals surface area contributed by atoms with Crippen LogP contribution in [0.1, 0.15) is 33.6 Å². The summed E-state index contributed by atoms with van der Waals surface area (Å²) in [6.45, 7) is 6.48. The molecule has 0 bridgehead atoms. The number of nitro benzene ring substituents is 1. The van der Waals surface area contributed by atoms with Crippen LogP contribution in [0.25, 0.3) is 22.2 Å². The monoisotopic (exact) mass is 573 g/mol. The maximum Gasteiger partial charge on any atom is 0.407 e. The van der Waals surface area contributed by atoms with Crippen molar-refractivity contribution in [3.8, 4) is 17.0 Å². The van der Waals surface area contributed by atoms with E-state index in [1.165, 1.54) is 13.2 Å². The highest BCUT2D eigenvalue weighted by Crippen LogP contribution is 2.40. The number of anilines is 3. The SMILES string of the molecule is COc1cc(N2CCC(NC(=O)OC(C)(C)C)CC2)c([N+](=O)[O-])cc1Nc1nccc(-c2cn(C)c3ccccc23)n1. The van der Waals surface area contributed by atoms with Crippen LogP contribution >= 0.6 is 0 Å². The van der Waals surface area contributed by atoms with Gasteiger partial charge in [-0.05, 0) is 45.7 Å². The Labute approximate surface area is 243 Å². The Morgan fingerprint density at radius 3 is 2.57 bits per heavy atom. The first-order valence-electron chi connectivity index (χ1n) is 13.8. The number of rotatable bonds is 7. The molecule has 1 aliphatic rings. The van der Waals surface area contributed by atoms with Gasteiger partial charge in [-0.3, -0.25) is 10.1 Å². The molecule has 0 atom stereocenters. The molecular weight excluding hydrogens is 538 g/mol. The number of aromatic nitrogens is 3. The van der Waals surface area contributed by atoms with Gasteiger partial charge in [0, 0.05) is 67.2 Å². The van der Waals surface area contributed by atoms with Gasteiger partial charge in [0.25, 0.3) is 5.69 Å². The van der Waals surface area contributed by atoms with Gasteiger partial charge in [-0.2, -0.15) is 0 Å². The van der Waals surface area contributed by atoms with Crippen LogP contribution in [0.5, 0.6) is 5.75 Å². The van der Waals surface area contributed by atoms with Crippen LogP contribution < -0.4 is 20.3 Å². The standard InChI is InChI=1S/C30H35N7O5/c1-30(2,3)42-29(38)32-19-11-14-36(15-12-19)25-17-27(41-5)23(16-26(25)37(39)40)34-28-31-13-10-22(33-28)21-18-35(4)24-9-7-6-8-20(21)24/h6-10,13,16-19H,11-12,14-15H2,1-5H3,(H,32,38)(H,31,33,34). The van der Waals surface area contributed by atoms with Crippen molar-refractivity contribution >= 4 is 40.0 Å². The molecule has 12 nitrogen and oxygen atoms in total. The first-order chi connectivity index (χ1) is 20.0. The Morgan fingerprint density at radius 2 is 1.88 bits per heavy atom. The molecule has 0 spiro atoms. The van der Waals surface area contributed by atoms with E-state index in [1.54, 1.807) is 12.3 Å². The van der Waals surface area contributed by atoms with Gasteiger partial charge < -0.3 is 29.6 Å². The number of benzene rings is 2. The molecule has 1 fully saturated rings. The molecule has 0 radical (unpaired) electrons. The number of nitrogens with one attached hydrogen (secondary N) is 2. The Kier molecular flexibility index (Phi) is 7.88. The molecule has 4 aromatic rings. The molecule has 0 aliphatic carbocycles. The number of fused-ring (bicyclic) bond motifs is 1. The van der Waals surface area contributed by atoms with Crippen LogP contribution in [0.15, 0.2) is 54.9 Å². The smallest absolute Gasteiger partial charge is 0.407 e. The van der Waals surface area contributed by atoms with Gasteiger partial charge in [0.2, 0.25) is 5.95 Å². The third-order valence-corrected chi connectivity index (χ3v) is 7.12. The molecule has 0 saturated carbocycles. The summed E-state index contributed by atoms with van der Waals surface area (Å²) in [4.78, 5) is 35.0. The molecule has 1 saturated heterocycles. The lowest BCUT2D eigenvalue weighted by molar-refractivity contribution is -0.384. The predicted molar refractivity (Wildman–Crippen MR) is 161 cm³/mol. The number of para-hydroxylation sites is 1. The van der Waals surface area contributed by atoms with Gasteiger partial charge in [0.05, 0.1) is 23.4 Å². The second kappa shape index (κ2) is 11.6. The van der Waals surface area contributed by atoms with E-state index in [9.17, 15) is 14.9 Å². The van der Waals surface area contributed by atoms with Gasteiger partial charge in [0.15, 0.2) is 0 Å². The lowest BCUT2D eigenvalue weighted by Gasteiger charge is -2.34. The van der Waals surface area contributed by atoms with Crippen molar-refractivity contribution in [2.75, 3.05) is 30.4 Å². The summed E-state index contributed by atoms with van der Waals surface area (Å²) < 4.78 is 13.0. The van der Waals surface area contributed by atoms with Crippen molar-refractivity contribution in [2.45, 2.75) is 45.3 Å². The van der Waals surface area contributed by atoms with E-state index in [4.69, 9.17) is 14.5 Å². The van der Waals surface area contributed by atoms with Gasteiger partial charge in [-0.25, -0.2) is 14.8 Å². The van der Waals surface area contributed by atoms with Crippen molar-refractivity contribution in [3.63, 3.8) is 0 Å². The Bertz CT molecular complexity index is 1620. The Morgan fingerprint density at radius 1 is 1.14 bits per heavy atom. The maximum absolute atomic E-state index is 12.2. The largest absolute Gasteiger partial charge is 0.494 e. The molecule has 2 aromatic carbocycles. The first-order valence-corrected chi connectivity index (χ1v) is 13.8. The average molecular weight is 574 g/mol. The molecule has 12 heteroatoms. The zero-order valence-corrected chi connectivity index (χ0v) is 24.4. The quantitative estimate of drug-likeness (QED) is 0.208.